The summed E-state index contributed by atoms with van der Waals surface area (Å²) in [6.45, 7) is 7.30. The van der Waals surface area contributed by atoms with Gasteiger partial charge >= 0.3 is 0 Å². The van der Waals surface area contributed by atoms with Crippen molar-refractivity contribution in [3.8, 4) is 0 Å². The average molecular weight is 273 g/mol. The summed E-state index contributed by atoms with van der Waals surface area (Å²) < 4.78 is 1.93. The molecule has 0 fully saturated rings. The van der Waals surface area contributed by atoms with Gasteiger partial charge in [-0.2, -0.15) is 0 Å². The highest BCUT2D eigenvalue weighted by Crippen LogP contribution is 2.17. The minimum Gasteiger partial charge on any atom is -0.364 e. The fourth-order valence-electron chi connectivity index (χ4n) is 2.74. The number of aryl methyl sites for hydroxylation is 2. The molecule has 1 aliphatic heterocycles. The molecule has 6 heteroatoms. The normalized spacial score (nSPS) is 15.3. The topological polar surface area (TPSA) is 66.8 Å². The first-order valence-corrected chi connectivity index (χ1v) is 6.99. The standard InChI is InChI=1S/C14H19N5O/c1-3-19-13(10(2)16-17-19)9-18-7-5-12-11(8-18)14(20)4-6-15-12/h4,6H,3,5,7-9H2,1-2H3,(H,15,20). The number of aromatic nitrogens is 4. The van der Waals surface area contributed by atoms with Crippen molar-refractivity contribution in [2.45, 2.75) is 39.9 Å². The average Bonchev–Trinajstić information content (AvgIpc) is 2.81. The smallest absolute Gasteiger partial charge is 0.186 e. The highest BCUT2D eigenvalue weighted by molar-refractivity contribution is 5.23. The van der Waals surface area contributed by atoms with Crippen molar-refractivity contribution in [3.05, 3.63) is 45.1 Å². The zero-order valence-corrected chi connectivity index (χ0v) is 11.9. The van der Waals surface area contributed by atoms with E-state index >= 15 is 0 Å². The summed E-state index contributed by atoms with van der Waals surface area (Å²) in [5.41, 5.74) is 4.21. The number of nitrogens with one attached hydrogen (secondary N) is 1. The summed E-state index contributed by atoms with van der Waals surface area (Å²) in [6, 6.07) is 1.60. The molecule has 3 rings (SSSR count). The van der Waals surface area contributed by atoms with E-state index in [1.54, 1.807) is 12.3 Å². The maximum Gasteiger partial charge on any atom is 0.186 e. The van der Waals surface area contributed by atoms with Crippen LogP contribution in [0.3, 0.4) is 0 Å². The molecule has 2 aromatic rings. The van der Waals surface area contributed by atoms with Gasteiger partial charge in [0, 0.05) is 56.1 Å². The number of rotatable bonds is 3. The molecule has 0 aliphatic carbocycles. The minimum atomic E-state index is 0.127. The number of hydrogen-bond acceptors (Lipinski definition) is 4. The van der Waals surface area contributed by atoms with Crippen LogP contribution < -0.4 is 5.43 Å². The van der Waals surface area contributed by atoms with Gasteiger partial charge in [-0.3, -0.25) is 9.69 Å². The van der Waals surface area contributed by atoms with E-state index in [9.17, 15) is 4.79 Å². The molecule has 1 N–H and O–H groups in total. The van der Waals surface area contributed by atoms with E-state index in [1.807, 2.05) is 11.6 Å². The number of fused-ring (bicyclic) bond motifs is 1. The second kappa shape index (κ2) is 5.20. The number of pyridine rings is 1. The fourth-order valence-corrected chi connectivity index (χ4v) is 2.74. The fraction of sp³-hybridized carbons (Fsp3) is 0.500. The Balaban J connectivity index is 1.82. The predicted molar refractivity (Wildman–Crippen MR) is 75.3 cm³/mol. The molecule has 0 aromatic carbocycles. The molecule has 0 spiro atoms. The van der Waals surface area contributed by atoms with Crippen molar-refractivity contribution >= 4 is 0 Å². The lowest BCUT2D eigenvalue weighted by Gasteiger charge is -2.28. The largest absolute Gasteiger partial charge is 0.364 e. The van der Waals surface area contributed by atoms with Gasteiger partial charge in [0.2, 0.25) is 0 Å². The van der Waals surface area contributed by atoms with Gasteiger partial charge in [-0.1, -0.05) is 5.21 Å². The molecule has 106 valence electrons. The van der Waals surface area contributed by atoms with E-state index in [0.29, 0.717) is 6.54 Å². The van der Waals surface area contributed by atoms with Gasteiger partial charge in [-0.15, -0.1) is 5.10 Å². The Kier molecular flexibility index (Phi) is 3.40. The molecular weight excluding hydrogens is 254 g/mol. The van der Waals surface area contributed by atoms with Crippen molar-refractivity contribution in [2.75, 3.05) is 6.54 Å². The maximum atomic E-state index is 11.9. The van der Waals surface area contributed by atoms with Crippen LogP contribution in [-0.4, -0.2) is 31.4 Å². The molecule has 20 heavy (non-hydrogen) atoms. The quantitative estimate of drug-likeness (QED) is 0.900. The van der Waals surface area contributed by atoms with Crippen LogP contribution in [0.1, 0.15) is 29.6 Å². The molecule has 0 bridgehead atoms. The van der Waals surface area contributed by atoms with Gasteiger partial charge in [-0.25, -0.2) is 4.68 Å². The Labute approximate surface area is 117 Å². The van der Waals surface area contributed by atoms with Crippen molar-refractivity contribution in [1.29, 1.82) is 0 Å². The van der Waals surface area contributed by atoms with Crippen LogP contribution >= 0.6 is 0 Å². The van der Waals surface area contributed by atoms with Crippen LogP contribution in [0.2, 0.25) is 0 Å². The van der Waals surface area contributed by atoms with Gasteiger partial charge < -0.3 is 4.98 Å². The van der Waals surface area contributed by atoms with Gasteiger partial charge in [0.15, 0.2) is 5.43 Å². The Bertz CT molecular complexity index is 672. The van der Waals surface area contributed by atoms with Crippen LogP contribution in [-0.2, 0) is 26.1 Å². The maximum absolute atomic E-state index is 11.9. The Morgan fingerprint density at radius 1 is 1.45 bits per heavy atom. The number of hydrogen-bond donors (Lipinski definition) is 1. The molecular formula is C14H19N5O. The van der Waals surface area contributed by atoms with E-state index in [4.69, 9.17) is 0 Å². The second-order valence-corrected chi connectivity index (χ2v) is 5.20. The molecule has 0 saturated heterocycles. The first-order chi connectivity index (χ1) is 9.69. The van der Waals surface area contributed by atoms with E-state index in [0.717, 1.165) is 48.7 Å². The Morgan fingerprint density at radius 2 is 2.30 bits per heavy atom. The van der Waals surface area contributed by atoms with Crippen molar-refractivity contribution in [3.63, 3.8) is 0 Å². The van der Waals surface area contributed by atoms with E-state index in [2.05, 4.69) is 27.1 Å². The second-order valence-electron chi connectivity index (χ2n) is 5.20. The van der Waals surface area contributed by atoms with Crippen molar-refractivity contribution in [1.82, 2.24) is 24.9 Å². The SMILES string of the molecule is CCn1nnc(C)c1CN1CCc2[nH]ccc(=O)c2C1. The lowest BCUT2D eigenvalue weighted by Crippen LogP contribution is -2.34. The molecule has 0 saturated carbocycles. The third kappa shape index (κ3) is 2.27. The summed E-state index contributed by atoms with van der Waals surface area (Å²) in [6.07, 6.45) is 2.62. The van der Waals surface area contributed by atoms with E-state index < -0.39 is 0 Å². The zero-order chi connectivity index (χ0) is 14.1. The summed E-state index contributed by atoms with van der Waals surface area (Å²) in [5.74, 6) is 0. The lowest BCUT2D eigenvalue weighted by atomic mass is 10.1. The number of nitrogens with zero attached hydrogens (tertiary/aromatic N) is 4. The molecule has 2 aromatic heterocycles. The molecule has 0 amide bonds. The highest BCUT2D eigenvalue weighted by atomic mass is 16.1. The van der Waals surface area contributed by atoms with Gasteiger partial charge in [0.1, 0.15) is 0 Å². The van der Waals surface area contributed by atoms with Crippen LogP contribution in [0.25, 0.3) is 0 Å². The van der Waals surface area contributed by atoms with Gasteiger partial charge in [0.25, 0.3) is 0 Å². The molecule has 0 unspecified atom stereocenters. The zero-order valence-electron chi connectivity index (χ0n) is 11.9. The number of H-pyrrole nitrogens is 1. The van der Waals surface area contributed by atoms with Crippen LogP contribution in [0.15, 0.2) is 17.1 Å². The van der Waals surface area contributed by atoms with Gasteiger partial charge in [-0.05, 0) is 13.8 Å². The minimum absolute atomic E-state index is 0.127. The molecule has 0 atom stereocenters. The molecule has 3 heterocycles. The first-order valence-electron chi connectivity index (χ1n) is 6.99. The third-order valence-electron chi connectivity index (χ3n) is 3.92. The van der Waals surface area contributed by atoms with Crippen molar-refractivity contribution < 1.29 is 0 Å². The van der Waals surface area contributed by atoms with Crippen LogP contribution in [0, 0.1) is 6.92 Å². The van der Waals surface area contributed by atoms with Crippen LogP contribution in [0.4, 0.5) is 0 Å². The van der Waals surface area contributed by atoms with Crippen molar-refractivity contribution in [2.24, 2.45) is 0 Å². The number of aromatic amines is 1. The summed E-state index contributed by atoms with van der Waals surface area (Å²) in [7, 11) is 0. The van der Waals surface area contributed by atoms with Gasteiger partial charge in [0.05, 0.1) is 11.4 Å². The Morgan fingerprint density at radius 3 is 3.10 bits per heavy atom. The van der Waals surface area contributed by atoms with E-state index in [1.165, 1.54) is 0 Å². The highest BCUT2D eigenvalue weighted by Gasteiger charge is 2.21. The molecule has 1 aliphatic rings. The Hall–Kier alpha value is -1.95. The van der Waals surface area contributed by atoms with Crippen LogP contribution in [0.5, 0.6) is 0 Å². The summed E-state index contributed by atoms with van der Waals surface area (Å²) in [5, 5.41) is 8.27. The predicted octanol–water partition coefficient (Wildman–Crippen LogP) is 0.853. The summed E-state index contributed by atoms with van der Waals surface area (Å²) >= 11 is 0. The lowest BCUT2D eigenvalue weighted by molar-refractivity contribution is 0.234. The monoisotopic (exact) mass is 273 g/mol. The van der Waals surface area contributed by atoms with E-state index in [-0.39, 0.29) is 5.43 Å². The summed E-state index contributed by atoms with van der Waals surface area (Å²) in [4.78, 5) is 17.4. The third-order valence-corrected chi connectivity index (χ3v) is 3.92. The first kappa shape index (κ1) is 13.1. The molecule has 6 nitrogen and oxygen atoms in total. The molecule has 0 radical (unpaired) electrons.